The van der Waals surface area contributed by atoms with Crippen LogP contribution in [-0.4, -0.2) is 26.3 Å². The Balaban J connectivity index is 2.37. The molecule has 1 aromatic rings. The zero-order valence-corrected chi connectivity index (χ0v) is 11.3. The van der Waals surface area contributed by atoms with Gasteiger partial charge < -0.3 is 10.1 Å². The molecule has 0 spiro atoms. The van der Waals surface area contributed by atoms with Crippen molar-refractivity contribution in [3.8, 4) is 0 Å². The van der Waals surface area contributed by atoms with Gasteiger partial charge in [0.05, 0.1) is 6.10 Å². The molecular weight excluding hydrogens is 210 g/mol. The molecule has 0 radical (unpaired) electrons. The van der Waals surface area contributed by atoms with Crippen LogP contribution < -0.4 is 5.32 Å². The van der Waals surface area contributed by atoms with E-state index in [0.29, 0.717) is 12.0 Å². The summed E-state index contributed by atoms with van der Waals surface area (Å²) in [4.78, 5) is 0. The van der Waals surface area contributed by atoms with Crippen molar-refractivity contribution in [3.63, 3.8) is 0 Å². The van der Waals surface area contributed by atoms with Crippen molar-refractivity contribution >= 4 is 0 Å². The van der Waals surface area contributed by atoms with Crippen molar-refractivity contribution < 1.29 is 4.74 Å². The maximum absolute atomic E-state index is 5.63. The molecule has 0 amide bonds. The number of ether oxygens (including phenoxy) is 1. The Labute approximate surface area is 105 Å². The Morgan fingerprint density at radius 3 is 2.47 bits per heavy atom. The fraction of sp³-hybridized carbons (Fsp3) is 0.600. The lowest BCUT2D eigenvalue weighted by molar-refractivity contribution is 0.0684. The minimum absolute atomic E-state index is 0.335. The van der Waals surface area contributed by atoms with Crippen LogP contribution in [0.4, 0.5) is 0 Å². The predicted molar refractivity (Wildman–Crippen MR) is 73.3 cm³/mol. The number of rotatable bonds is 8. The monoisotopic (exact) mass is 235 g/mol. The number of nitrogens with one attached hydrogen (secondary N) is 1. The topological polar surface area (TPSA) is 21.3 Å². The van der Waals surface area contributed by atoms with E-state index in [1.165, 1.54) is 5.56 Å². The van der Waals surface area contributed by atoms with Gasteiger partial charge >= 0.3 is 0 Å². The molecule has 0 aliphatic carbocycles. The van der Waals surface area contributed by atoms with Crippen LogP contribution in [0.1, 0.15) is 25.8 Å². The Morgan fingerprint density at radius 2 is 1.88 bits per heavy atom. The fourth-order valence-electron chi connectivity index (χ4n) is 1.98. The molecule has 0 saturated heterocycles. The first-order chi connectivity index (χ1) is 8.22. The summed E-state index contributed by atoms with van der Waals surface area (Å²) in [6.07, 6.45) is 2.58. The molecule has 1 unspecified atom stereocenters. The summed E-state index contributed by atoms with van der Waals surface area (Å²) in [5, 5.41) is 3.27. The average molecular weight is 235 g/mol. The molecule has 0 saturated carbocycles. The van der Waals surface area contributed by atoms with Gasteiger partial charge in [0.1, 0.15) is 0 Å². The second-order valence-electron chi connectivity index (χ2n) is 4.82. The van der Waals surface area contributed by atoms with Crippen LogP contribution in [0.3, 0.4) is 0 Å². The molecule has 17 heavy (non-hydrogen) atoms. The molecule has 0 aromatic heterocycles. The molecule has 96 valence electrons. The Bertz CT molecular complexity index is 284. The van der Waals surface area contributed by atoms with Gasteiger partial charge in [-0.3, -0.25) is 0 Å². The van der Waals surface area contributed by atoms with Crippen LogP contribution in [-0.2, 0) is 11.2 Å². The third-order valence-corrected chi connectivity index (χ3v) is 2.84. The van der Waals surface area contributed by atoms with Crippen molar-refractivity contribution in [2.45, 2.75) is 32.8 Å². The zero-order chi connectivity index (χ0) is 12.5. The van der Waals surface area contributed by atoms with Crippen LogP contribution in [0, 0.1) is 5.92 Å². The lowest BCUT2D eigenvalue weighted by Crippen LogP contribution is -2.22. The number of hydrogen-bond donors (Lipinski definition) is 1. The lowest BCUT2D eigenvalue weighted by atomic mass is 9.96. The van der Waals surface area contributed by atoms with E-state index >= 15 is 0 Å². The summed E-state index contributed by atoms with van der Waals surface area (Å²) in [6.45, 7) is 6.09. The largest absolute Gasteiger partial charge is 0.379 e. The van der Waals surface area contributed by atoms with Gasteiger partial charge in [0.2, 0.25) is 0 Å². The van der Waals surface area contributed by atoms with Crippen molar-refractivity contribution in [2.75, 3.05) is 20.2 Å². The lowest BCUT2D eigenvalue weighted by Gasteiger charge is -2.17. The van der Waals surface area contributed by atoms with Gasteiger partial charge in [-0.2, -0.15) is 0 Å². The standard InChI is InChI=1S/C15H25NO/c1-13(2)17-10-9-15(12-16-3)11-14-7-5-4-6-8-14/h4-8,13,15-16H,9-12H2,1-3H3. The molecule has 2 heteroatoms. The maximum Gasteiger partial charge on any atom is 0.0518 e. The molecule has 0 bridgehead atoms. The normalized spacial score (nSPS) is 12.9. The van der Waals surface area contributed by atoms with Crippen molar-refractivity contribution in [1.82, 2.24) is 5.32 Å². The Kier molecular flexibility index (Phi) is 6.90. The van der Waals surface area contributed by atoms with E-state index in [1.807, 2.05) is 7.05 Å². The van der Waals surface area contributed by atoms with E-state index in [0.717, 1.165) is 26.0 Å². The van der Waals surface area contributed by atoms with Crippen LogP contribution >= 0.6 is 0 Å². The highest BCUT2D eigenvalue weighted by Gasteiger charge is 2.09. The van der Waals surface area contributed by atoms with Crippen molar-refractivity contribution in [1.29, 1.82) is 0 Å². The number of hydrogen-bond acceptors (Lipinski definition) is 2. The zero-order valence-electron chi connectivity index (χ0n) is 11.3. The summed E-state index contributed by atoms with van der Waals surface area (Å²) < 4.78 is 5.63. The van der Waals surface area contributed by atoms with Crippen molar-refractivity contribution in [3.05, 3.63) is 35.9 Å². The summed E-state index contributed by atoms with van der Waals surface area (Å²) >= 11 is 0. The molecule has 1 atom stereocenters. The second-order valence-corrected chi connectivity index (χ2v) is 4.82. The first kappa shape index (κ1) is 14.2. The van der Waals surface area contributed by atoms with Gasteiger partial charge in [-0.15, -0.1) is 0 Å². The van der Waals surface area contributed by atoms with Gasteiger partial charge in [-0.1, -0.05) is 30.3 Å². The molecule has 1 rings (SSSR count). The molecule has 0 aliphatic heterocycles. The maximum atomic E-state index is 5.63. The minimum atomic E-state index is 0.335. The van der Waals surface area contributed by atoms with E-state index in [-0.39, 0.29) is 0 Å². The summed E-state index contributed by atoms with van der Waals surface area (Å²) in [5.41, 5.74) is 1.41. The summed E-state index contributed by atoms with van der Waals surface area (Å²) in [6, 6.07) is 10.7. The highest BCUT2D eigenvalue weighted by molar-refractivity contribution is 5.15. The van der Waals surface area contributed by atoms with Crippen LogP contribution in [0.25, 0.3) is 0 Å². The van der Waals surface area contributed by atoms with Gasteiger partial charge in [-0.25, -0.2) is 0 Å². The van der Waals surface area contributed by atoms with E-state index in [9.17, 15) is 0 Å². The average Bonchev–Trinajstić information content (AvgIpc) is 2.30. The van der Waals surface area contributed by atoms with E-state index in [2.05, 4.69) is 49.5 Å². The second kappa shape index (κ2) is 8.26. The smallest absolute Gasteiger partial charge is 0.0518 e. The first-order valence-corrected chi connectivity index (χ1v) is 6.52. The SMILES string of the molecule is CNCC(CCOC(C)C)Cc1ccccc1. The summed E-state index contributed by atoms with van der Waals surface area (Å²) in [5.74, 6) is 0.654. The number of benzene rings is 1. The van der Waals surface area contributed by atoms with E-state index < -0.39 is 0 Å². The molecule has 0 fully saturated rings. The molecule has 2 nitrogen and oxygen atoms in total. The van der Waals surface area contributed by atoms with Crippen LogP contribution in [0.15, 0.2) is 30.3 Å². The van der Waals surface area contributed by atoms with Crippen LogP contribution in [0.2, 0.25) is 0 Å². The van der Waals surface area contributed by atoms with E-state index in [4.69, 9.17) is 4.74 Å². The summed E-state index contributed by atoms with van der Waals surface area (Å²) in [7, 11) is 2.02. The van der Waals surface area contributed by atoms with Gasteiger partial charge in [-0.05, 0) is 51.8 Å². The molecule has 0 heterocycles. The van der Waals surface area contributed by atoms with Crippen LogP contribution in [0.5, 0.6) is 0 Å². The quantitative estimate of drug-likeness (QED) is 0.748. The van der Waals surface area contributed by atoms with Gasteiger partial charge in [0.25, 0.3) is 0 Å². The molecule has 1 aromatic carbocycles. The van der Waals surface area contributed by atoms with E-state index in [1.54, 1.807) is 0 Å². The Hall–Kier alpha value is -0.860. The fourth-order valence-corrected chi connectivity index (χ4v) is 1.98. The third kappa shape index (κ3) is 6.44. The molecule has 1 N–H and O–H groups in total. The van der Waals surface area contributed by atoms with Crippen molar-refractivity contribution in [2.24, 2.45) is 5.92 Å². The van der Waals surface area contributed by atoms with Gasteiger partial charge in [0, 0.05) is 6.61 Å². The molecule has 0 aliphatic rings. The Morgan fingerprint density at radius 1 is 1.18 bits per heavy atom. The predicted octanol–water partition coefficient (Wildman–Crippen LogP) is 2.88. The van der Waals surface area contributed by atoms with Gasteiger partial charge in [0.15, 0.2) is 0 Å². The highest BCUT2D eigenvalue weighted by atomic mass is 16.5. The first-order valence-electron chi connectivity index (χ1n) is 6.52. The highest BCUT2D eigenvalue weighted by Crippen LogP contribution is 2.12. The molecular formula is C15H25NO. The third-order valence-electron chi connectivity index (χ3n) is 2.84. The minimum Gasteiger partial charge on any atom is -0.379 e.